The number of guanidine groups is 1. The molecule has 4 rings (SSSR count). The number of nitrogens with one attached hydrogen (secondary N) is 2. The van der Waals surface area contributed by atoms with Gasteiger partial charge in [0.2, 0.25) is 0 Å². The highest BCUT2D eigenvalue weighted by Gasteiger charge is 2.43. The van der Waals surface area contributed by atoms with Gasteiger partial charge in [-0.2, -0.15) is 0 Å². The minimum Gasteiger partial charge on any atom is -0.356 e. The fourth-order valence-electron chi connectivity index (χ4n) is 4.17. The van der Waals surface area contributed by atoms with Crippen molar-refractivity contribution in [2.45, 2.75) is 63.3 Å². The highest BCUT2D eigenvalue weighted by molar-refractivity contribution is 14.0. The third-order valence-electron chi connectivity index (χ3n) is 6.11. The molecule has 1 aliphatic heterocycles. The third kappa shape index (κ3) is 5.49. The Bertz CT molecular complexity index is 797. The molecular formula is C22H33IN6. The van der Waals surface area contributed by atoms with Crippen molar-refractivity contribution >= 4 is 29.9 Å². The van der Waals surface area contributed by atoms with E-state index in [0.29, 0.717) is 0 Å². The van der Waals surface area contributed by atoms with Gasteiger partial charge in [0, 0.05) is 44.9 Å². The van der Waals surface area contributed by atoms with Crippen LogP contribution in [0.2, 0.25) is 0 Å². The molecule has 158 valence electrons. The molecule has 0 atom stereocenters. The lowest BCUT2D eigenvalue weighted by Gasteiger charge is -2.19. The smallest absolute Gasteiger partial charge is 0.191 e. The molecule has 0 bridgehead atoms. The molecule has 2 N–H and O–H groups in total. The van der Waals surface area contributed by atoms with Crippen molar-refractivity contribution in [1.29, 1.82) is 0 Å². The van der Waals surface area contributed by atoms with Gasteiger partial charge in [-0.05, 0) is 37.7 Å². The number of aryl methyl sites for hydroxylation is 2. The van der Waals surface area contributed by atoms with Crippen LogP contribution in [0.4, 0.5) is 0 Å². The maximum Gasteiger partial charge on any atom is 0.191 e. The topological polar surface area (TPSA) is 67.1 Å². The minimum atomic E-state index is 0. The third-order valence-corrected chi connectivity index (χ3v) is 6.11. The van der Waals surface area contributed by atoms with E-state index in [4.69, 9.17) is 0 Å². The molecule has 2 heterocycles. The van der Waals surface area contributed by atoms with Crippen LogP contribution < -0.4 is 10.6 Å². The molecule has 0 spiro atoms. The molecule has 0 saturated heterocycles. The van der Waals surface area contributed by atoms with Crippen molar-refractivity contribution in [3.8, 4) is 0 Å². The van der Waals surface area contributed by atoms with Crippen LogP contribution in [0.5, 0.6) is 0 Å². The van der Waals surface area contributed by atoms with E-state index < -0.39 is 0 Å². The first-order chi connectivity index (χ1) is 13.8. The molecule has 6 nitrogen and oxygen atoms in total. The van der Waals surface area contributed by atoms with Gasteiger partial charge in [0.15, 0.2) is 5.96 Å². The lowest BCUT2D eigenvalue weighted by molar-refractivity contribution is 0.592. The zero-order valence-electron chi connectivity index (χ0n) is 17.4. The van der Waals surface area contributed by atoms with Crippen molar-refractivity contribution in [2.24, 2.45) is 4.99 Å². The average Bonchev–Trinajstić information content (AvgIpc) is 3.49. The van der Waals surface area contributed by atoms with E-state index >= 15 is 0 Å². The van der Waals surface area contributed by atoms with Crippen LogP contribution in [0.25, 0.3) is 0 Å². The monoisotopic (exact) mass is 508 g/mol. The quantitative estimate of drug-likeness (QED) is 0.260. The number of hydrogen-bond donors (Lipinski definition) is 2. The zero-order valence-corrected chi connectivity index (χ0v) is 19.7. The van der Waals surface area contributed by atoms with Crippen LogP contribution in [-0.2, 0) is 24.8 Å². The van der Waals surface area contributed by atoms with Gasteiger partial charge < -0.3 is 15.2 Å². The number of halogens is 1. The minimum absolute atomic E-state index is 0. The summed E-state index contributed by atoms with van der Waals surface area (Å²) >= 11 is 0. The van der Waals surface area contributed by atoms with Crippen molar-refractivity contribution in [3.05, 3.63) is 47.5 Å². The number of fused-ring (bicyclic) bond motifs is 1. The predicted molar refractivity (Wildman–Crippen MR) is 128 cm³/mol. The summed E-state index contributed by atoms with van der Waals surface area (Å²) in [5.41, 5.74) is 1.73. The summed E-state index contributed by atoms with van der Waals surface area (Å²) in [6, 6.07) is 10.8. The molecule has 1 saturated carbocycles. The van der Waals surface area contributed by atoms with Gasteiger partial charge in [-0.3, -0.25) is 4.99 Å². The van der Waals surface area contributed by atoms with Crippen LogP contribution in [0, 0.1) is 0 Å². The van der Waals surface area contributed by atoms with Crippen LogP contribution in [0.15, 0.2) is 35.3 Å². The SMILES string of the molecule is CN=C(NCCCc1nnc2n1CCCCC2)NCC1(c2ccccc2)CC1.I. The molecule has 2 aliphatic rings. The molecule has 2 aromatic rings. The maximum atomic E-state index is 4.43. The second-order valence-electron chi connectivity index (χ2n) is 8.10. The Kier molecular flexibility index (Phi) is 7.91. The van der Waals surface area contributed by atoms with Gasteiger partial charge in [0.25, 0.3) is 0 Å². The summed E-state index contributed by atoms with van der Waals surface area (Å²) in [4.78, 5) is 4.39. The summed E-state index contributed by atoms with van der Waals surface area (Å²) in [7, 11) is 1.84. The van der Waals surface area contributed by atoms with Gasteiger partial charge >= 0.3 is 0 Å². The highest BCUT2D eigenvalue weighted by atomic mass is 127. The summed E-state index contributed by atoms with van der Waals surface area (Å²) in [6.45, 7) is 2.91. The predicted octanol–water partition coefficient (Wildman–Crippen LogP) is 3.45. The van der Waals surface area contributed by atoms with Crippen LogP contribution in [0.3, 0.4) is 0 Å². The van der Waals surface area contributed by atoms with E-state index in [1.165, 1.54) is 43.5 Å². The van der Waals surface area contributed by atoms with E-state index in [2.05, 4.69) is 60.7 Å². The number of nitrogens with zero attached hydrogens (tertiary/aromatic N) is 4. The molecule has 1 fully saturated rings. The molecule has 7 heteroatoms. The van der Waals surface area contributed by atoms with E-state index in [1.54, 1.807) is 0 Å². The van der Waals surface area contributed by atoms with Gasteiger partial charge in [0.05, 0.1) is 0 Å². The van der Waals surface area contributed by atoms with Crippen LogP contribution in [-0.4, -0.2) is 40.9 Å². The van der Waals surface area contributed by atoms with Gasteiger partial charge in [-0.15, -0.1) is 34.2 Å². The zero-order chi connectivity index (χ0) is 19.2. The van der Waals surface area contributed by atoms with Gasteiger partial charge in [-0.1, -0.05) is 36.8 Å². The Labute approximate surface area is 191 Å². The number of rotatable bonds is 7. The summed E-state index contributed by atoms with van der Waals surface area (Å²) in [6.07, 6.45) is 9.36. The standard InChI is InChI=1S/C22H32N6.HI/c1-23-21(25-17-22(13-14-22)18-9-4-2-5-10-18)24-15-8-12-20-27-26-19-11-6-3-7-16-28(19)20;/h2,4-5,9-10H,3,6-8,11-17H2,1H3,(H2,23,24,25);1H. The van der Waals surface area contributed by atoms with Crippen molar-refractivity contribution in [3.63, 3.8) is 0 Å². The number of aromatic nitrogens is 3. The second-order valence-corrected chi connectivity index (χ2v) is 8.10. The summed E-state index contributed by atoms with van der Waals surface area (Å²) in [5.74, 6) is 3.21. The molecule has 1 aromatic heterocycles. The first kappa shape index (κ1) is 22.1. The van der Waals surface area contributed by atoms with Crippen molar-refractivity contribution in [2.75, 3.05) is 20.1 Å². The van der Waals surface area contributed by atoms with Gasteiger partial charge in [-0.25, -0.2) is 0 Å². The first-order valence-corrected chi connectivity index (χ1v) is 10.7. The number of benzene rings is 1. The first-order valence-electron chi connectivity index (χ1n) is 10.7. The summed E-state index contributed by atoms with van der Waals surface area (Å²) in [5, 5.41) is 15.8. The molecule has 1 aromatic carbocycles. The van der Waals surface area contributed by atoms with Crippen molar-refractivity contribution in [1.82, 2.24) is 25.4 Å². The molecule has 0 unspecified atom stereocenters. The number of aliphatic imine (C=N–C) groups is 1. The van der Waals surface area contributed by atoms with Crippen LogP contribution >= 0.6 is 24.0 Å². The van der Waals surface area contributed by atoms with Gasteiger partial charge in [0.1, 0.15) is 11.6 Å². The molecule has 0 amide bonds. The fourth-order valence-corrected chi connectivity index (χ4v) is 4.17. The fraction of sp³-hybridized carbons (Fsp3) is 0.591. The molecule has 29 heavy (non-hydrogen) atoms. The largest absolute Gasteiger partial charge is 0.356 e. The lowest BCUT2D eigenvalue weighted by atomic mass is 9.96. The Morgan fingerprint density at radius 1 is 1.10 bits per heavy atom. The Morgan fingerprint density at radius 2 is 1.93 bits per heavy atom. The summed E-state index contributed by atoms with van der Waals surface area (Å²) < 4.78 is 2.34. The Morgan fingerprint density at radius 3 is 2.69 bits per heavy atom. The van der Waals surface area contributed by atoms with E-state index in [9.17, 15) is 0 Å². The molecule has 0 radical (unpaired) electrons. The van der Waals surface area contributed by atoms with E-state index in [-0.39, 0.29) is 29.4 Å². The normalized spacial score (nSPS) is 17.6. The maximum absolute atomic E-state index is 4.43. The molecular weight excluding hydrogens is 475 g/mol. The average molecular weight is 508 g/mol. The number of hydrogen-bond acceptors (Lipinski definition) is 3. The Hall–Kier alpha value is -1.64. The van der Waals surface area contributed by atoms with Crippen molar-refractivity contribution < 1.29 is 0 Å². The van der Waals surface area contributed by atoms with E-state index in [1.807, 2.05) is 7.05 Å². The molecule has 1 aliphatic carbocycles. The second kappa shape index (κ2) is 10.4. The van der Waals surface area contributed by atoms with E-state index in [0.717, 1.165) is 50.7 Å². The van der Waals surface area contributed by atoms with Crippen LogP contribution in [0.1, 0.15) is 55.7 Å². The lowest BCUT2D eigenvalue weighted by Crippen LogP contribution is -2.41. The highest BCUT2D eigenvalue weighted by Crippen LogP contribution is 2.47. The Balaban J connectivity index is 0.00000240.